The van der Waals surface area contributed by atoms with E-state index in [-0.39, 0.29) is 6.04 Å². The van der Waals surface area contributed by atoms with Gasteiger partial charge >= 0.3 is 0 Å². The van der Waals surface area contributed by atoms with Gasteiger partial charge in [0.25, 0.3) is 0 Å². The van der Waals surface area contributed by atoms with Gasteiger partial charge in [-0.05, 0) is 35.9 Å². The summed E-state index contributed by atoms with van der Waals surface area (Å²) < 4.78 is 11.5. The molecule has 3 nitrogen and oxygen atoms in total. The maximum absolute atomic E-state index is 6.53. The van der Waals surface area contributed by atoms with Crippen molar-refractivity contribution < 1.29 is 9.47 Å². The average Bonchev–Trinajstić information content (AvgIpc) is 3.12. The summed E-state index contributed by atoms with van der Waals surface area (Å²) in [6.07, 6.45) is 2.14. The first-order chi connectivity index (χ1) is 10.0. The lowest BCUT2D eigenvalue weighted by Gasteiger charge is -2.22. The summed E-state index contributed by atoms with van der Waals surface area (Å²) in [4.78, 5) is 0. The second-order valence-corrected chi connectivity index (χ2v) is 7.11. The maximum atomic E-state index is 6.53. The molecule has 1 aromatic carbocycles. The minimum absolute atomic E-state index is 0.287. The Morgan fingerprint density at radius 2 is 1.90 bits per heavy atom. The molecule has 0 aromatic heterocycles. The van der Waals surface area contributed by atoms with E-state index in [4.69, 9.17) is 21.1 Å². The zero-order valence-electron chi connectivity index (χ0n) is 13.0. The van der Waals surface area contributed by atoms with Gasteiger partial charge in [0.05, 0.1) is 13.2 Å². The van der Waals surface area contributed by atoms with Crippen molar-refractivity contribution in [2.45, 2.75) is 39.7 Å². The van der Waals surface area contributed by atoms with E-state index >= 15 is 0 Å². The zero-order chi connectivity index (χ0) is 15.0. The Kier molecular flexibility index (Phi) is 4.06. The van der Waals surface area contributed by atoms with Crippen molar-refractivity contribution >= 4 is 11.6 Å². The van der Waals surface area contributed by atoms with Crippen LogP contribution in [0.4, 0.5) is 0 Å². The molecule has 4 heteroatoms. The Hall–Kier alpha value is -0.930. The van der Waals surface area contributed by atoms with Gasteiger partial charge in [0.1, 0.15) is 0 Å². The Morgan fingerprint density at radius 3 is 2.48 bits per heavy atom. The van der Waals surface area contributed by atoms with Crippen LogP contribution in [0.5, 0.6) is 11.5 Å². The van der Waals surface area contributed by atoms with E-state index in [0.717, 1.165) is 35.1 Å². The Morgan fingerprint density at radius 1 is 1.29 bits per heavy atom. The molecule has 1 aliphatic heterocycles. The molecule has 2 aliphatic rings. The first kappa shape index (κ1) is 15.0. The summed E-state index contributed by atoms with van der Waals surface area (Å²) >= 11 is 6.53. The Labute approximate surface area is 132 Å². The number of halogens is 1. The number of hydrogen-bond donors (Lipinski definition) is 1. The largest absolute Gasteiger partial charge is 0.490 e. The third-order valence-electron chi connectivity index (χ3n) is 4.62. The highest BCUT2D eigenvalue weighted by molar-refractivity contribution is 6.31. The van der Waals surface area contributed by atoms with Crippen LogP contribution in [-0.4, -0.2) is 19.8 Å². The fourth-order valence-corrected chi connectivity index (χ4v) is 3.47. The molecule has 116 valence electrons. The number of benzene rings is 1. The van der Waals surface area contributed by atoms with Crippen LogP contribution in [0.25, 0.3) is 0 Å². The van der Waals surface area contributed by atoms with Gasteiger partial charge < -0.3 is 14.8 Å². The van der Waals surface area contributed by atoms with E-state index in [1.807, 2.05) is 6.07 Å². The normalized spacial score (nSPS) is 24.3. The van der Waals surface area contributed by atoms with Gasteiger partial charge in [0.15, 0.2) is 11.5 Å². The molecule has 0 radical (unpaired) electrons. The standard InChI is InChI=1S/C17H24ClNO2/c1-4-19-16(12-10-17(12,2)3)11-8-14-15(9-13(11)18)21-7-5-6-20-14/h8-9,12,16,19H,4-7,10H2,1-3H3. The van der Waals surface area contributed by atoms with Crippen LogP contribution in [0.15, 0.2) is 12.1 Å². The number of fused-ring (bicyclic) bond motifs is 1. The monoisotopic (exact) mass is 309 g/mol. The second kappa shape index (κ2) is 5.69. The minimum Gasteiger partial charge on any atom is -0.490 e. The van der Waals surface area contributed by atoms with Crippen LogP contribution in [0.2, 0.25) is 5.02 Å². The van der Waals surface area contributed by atoms with Gasteiger partial charge in [-0.15, -0.1) is 0 Å². The molecule has 1 N–H and O–H groups in total. The van der Waals surface area contributed by atoms with E-state index < -0.39 is 0 Å². The van der Waals surface area contributed by atoms with Gasteiger partial charge in [0.2, 0.25) is 0 Å². The summed E-state index contributed by atoms with van der Waals surface area (Å²) in [6, 6.07) is 4.27. The van der Waals surface area contributed by atoms with E-state index in [1.165, 1.54) is 6.42 Å². The highest BCUT2D eigenvalue weighted by atomic mass is 35.5. The highest BCUT2D eigenvalue weighted by Crippen LogP contribution is 2.58. The zero-order valence-corrected chi connectivity index (χ0v) is 13.8. The predicted molar refractivity (Wildman–Crippen MR) is 85.4 cm³/mol. The van der Waals surface area contributed by atoms with Crippen LogP contribution in [0, 0.1) is 11.3 Å². The molecule has 2 unspecified atom stereocenters. The minimum atomic E-state index is 0.287. The van der Waals surface area contributed by atoms with Crippen molar-refractivity contribution in [2.24, 2.45) is 11.3 Å². The van der Waals surface area contributed by atoms with Gasteiger partial charge in [-0.2, -0.15) is 0 Å². The SMILES string of the molecule is CCNC(c1cc2c(cc1Cl)OCCCO2)C1CC1(C)C. The highest BCUT2D eigenvalue weighted by Gasteiger charge is 2.50. The molecule has 2 atom stereocenters. The fraction of sp³-hybridized carbons (Fsp3) is 0.647. The van der Waals surface area contributed by atoms with E-state index in [1.54, 1.807) is 0 Å². The van der Waals surface area contributed by atoms with E-state index in [0.29, 0.717) is 24.5 Å². The first-order valence-corrected chi connectivity index (χ1v) is 8.23. The van der Waals surface area contributed by atoms with Crippen molar-refractivity contribution in [2.75, 3.05) is 19.8 Å². The van der Waals surface area contributed by atoms with Crippen LogP contribution in [0.3, 0.4) is 0 Å². The van der Waals surface area contributed by atoms with Crippen molar-refractivity contribution in [1.82, 2.24) is 5.32 Å². The molecule has 0 amide bonds. The molecule has 0 bridgehead atoms. The lowest BCUT2D eigenvalue weighted by molar-refractivity contribution is 0.296. The van der Waals surface area contributed by atoms with Crippen LogP contribution in [-0.2, 0) is 0 Å². The molecule has 1 fully saturated rings. The lowest BCUT2D eigenvalue weighted by Crippen LogP contribution is -2.24. The second-order valence-electron chi connectivity index (χ2n) is 6.71. The third-order valence-corrected chi connectivity index (χ3v) is 4.95. The summed E-state index contributed by atoms with van der Waals surface area (Å²) in [5.74, 6) is 2.22. The van der Waals surface area contributed by atoms with Crippen LogP contribution >= 0.6 is 11.6 Å². The third kappa shape index (κ3) is 3.00. The average molecular weight is 310 g/mol. The topological polar surface area (TPSA) is 30.5 Å². The molecular formula is C17H24ClNO2. The number of nitrogens with one attached hydrogen (secondary N) is 1. The van der Waals surface area contributed by atoms with Gasteiger partial charge in [0, 0.05) is 23.6 Å². The molecule has 1 aliphatic carbocycles. The Balaban J connectivity index is 1.94. The van der Waals surface area contributed by atoms with Gasteiger partial charge in [-0.3, -0.25) is 0 Å². The molecule has 21 heavy (non-hydrogen) atoms. The van der Waals surface area contributed by atoms with Gasteiger partial charge in [-0.1, -0.05) is 32.4 Å². The fourth-order valence-electron chi connectivity index (χ4n) is 3.20. The molecule has 0 saturated heterocycles. The van der Waals surface area contributed by atoms with E-state index in [2.05, 4.69) is 32.2 Å². The molecule has 1 saturated carbocycles. The maximum Gasteiger partial charge on any atom is 0.162 e. The molecule has 3 rings (SSSR count). The Bertz CT molecular complexity index is 530. The van der Waals surface area contributed by atoms with E-state index in [9.17, 15) is 0 Å². The van der Waals surface area contributed by atoms with Crippen molar-refractivity contribution in [3.63, 3.8) is 0 Å². The van der Waals surface area contributed by atoms with Crippen molar-refractivity contribution in [1.29, 1.82) is 0 Å². The molecule has 1 heterocycles. The molecular weight excluding hydrogens is 286 g/mol. The number of ether oxygens (including phenoxy) is 2. The summed E-state index contributed by atoms with van der Waals surface area (Å²) in [7, 11) is 0. The quantitative estimate of drug-likeness (QED) is 0.904. The van der Waals surface area contributed by atoms with Crippen molar-refractivity contribution in [3.05, 3.63) is 22.7 Å². The number of rotatable bonds is 4. The molecule has 1 aromatic rings. The predicted octanol–water partition coefficient (Wildman–Crippen LogP) is 4.20. The summed E-state index contributed by atoms with van der Waals surface area (Å²) in [5, 5.41) is 4.37. The number of hydrogen-bond acceptors (Lipinski definition) is 3. The smallest absolute Gasteiger partial charge is 0.162 e. The van der Waals surface area contributed by atoms with Crippen LogP contribution < -0.4 is 14.8 Å². The summed E-state index contributed by atoms with van der Waals surface area (Å²) in [5.41, 5.74) is 1.53. The van der Waals surface area contributed by atoms with Crippen LogP contribution in [0.1, 0.15) is 45.2 Å². The van der Waals surface area contributed by atoms with Gasteiger partial charge in [-0.25, -0.2) is 0 Å². The lowest BCUT2D eigenvalue weighted by atomic mass is 9.96. The molecule has 0 spiro atoms. The summed E-state index contributed by atoms with van der Waals surface area (Å²) in [6.45, 7) is 9.10. The van der Waals surface area contributed by atoms with Crippen molar-refractivity contribution in [3.8, 4) is 11.5 Å². The first-order valence-electron chi connectivity index (χ1n) is 7.85.